The van der Waals surface area contributed by atoms with E-state index in [1.165, 1.54) is 6.07 Å². The van der Waals surface area contributed by atoms with Gasteiger partial charge in [0.15, 0.2) is 5.82 Å². The van der Waals surface area contributed by atoms with Crippen molar-refractivity contribution in [3.8, 4) is 0 Å². The number of hydrogen-bond acceptors (Lipinski definition) is 2. The quantitative estimate of drug-likeness (QED) is 0.649. The van der Waals surface area contributed by atoms with E-state index in [0.717, 1.165) is 11.1 Å². The second-order valence-electron chi connectivity index (χ2n) is 3.16. The lowest BCUT2D eigenvalue weighted by atomic mass is 10.1. The number of rotatable bonds is 0. The Morgan fingerprint density at radius 1 is 1.46 bits per heavy atom. The minimum absolute atomic E-state index is 0.303. The van der Waals surface area contributed by atoms with Gasteiger partial charge in [0, 0.05) is 5.39 Å². The van der Waals surface area contributed by atoms with E-state index in [-0.39, 0.29) is 5.82 Å². The molecule has 1 heterocycles. The van der Waals surface area contributed by atoms with Crippen LogP contribution in [0, 0.1) is 19.7 Å². The van der Waals surface area contributed by atoms with Gasteiger partial charge in [-0.15, -0.1) is 0 Å². The average Bonchev–Trinajstić information content (AvgIpc) is 2.44. The first-order chi connectivity index (χ1) is 6.11. The van der Waals surface area contributed by atoms with E-state index >= 15 is 0 Å². The zero-order valence-corrected chi connectivity index (χ0v) is 7.48. The summed E-state index contributed by atoms with van der Waals surface area (Å²) < 4.78 is 13.3. The molecule has 1 aromatic heterocycles. The van der Waals surface area contributed by atoms with Crippen LogP contribution >= 0.6 is 0 Å². The third-order valence-electron chi connectivity index (χ3n) is 2.34. The maximum absolute atomic E-state index is 13.3. The molecule has 0 fully saturated rings. The fourth-order valence-electron chi connectivity index (χ4n) is 1.48. The summed E-state index contributed by atoms with van der Waals surface area (Å²) in [4.78, 5) is 0. The topological polar surface area (TPSA) is 54.7 Å². The maximum atomic E-state index is 13.3. The van der Waals surface area contributed by atoms with Gasteiger partial charge in [-0.1, -0.05) is 0 Å². The van der Waals surface area contributed by atoms with Crippen molar-refractivity contribution in [2.24, 2.45) is 0 Å². The standard InChI is InChI=1S/C9H10FN3/c1-4-3-6(10)8-7(5(4)2)9(11)13-12-8/h3H,1-2H3,(H3,11,12,13). The van der Waals surface area contributed by atoms with Crippen LogP contribution in [0.5, 0.6) is 0 Å². The van der Waals surface area contributed by atoms with E-state index in [1.54, 1.807) is 0 Å². The first-order valence-corrected chi connectivity index (χ1v) is 4.00. The van der Waals surface area contributed by atoms with E-state index in [4.69, 9.17) is 5.73 Å². The Labute approximate surface area is 74.7 Å². The smallest absolute Gasteiger partial charge is 0.153 e. The number of halogens is 1. The fraction of sp³-hybridized carbons (Fsp3) is 0.222. The van der Waals surface area contributed by atoms with E-state index in [1.807, 2.05) is 13.8 Å². The number of anilines is 1. The SMILES string of the molecule is Cc1cc(F)c2[nH]nc(N)c2c1C. The number of H-pyrrole nitrogens is 1. The summed E-state index contributed by atoms with van der Waals surface area (Å²) in [7, 11) is 0. The van der Waals surface area contributed by atoms with Gasteiger partial charge in [0.2, 0.25) is 0 Å². The summed E-state index contributed by atoms with van der Waals surface area (Å²) in [6.07, 6.45) is 0. The maximum Gasteiger partial charge on any atom is 0.153 e. The molecule has 0 radical (unpaired) electrons. The summed E-state index contributed by atoms with van der Waals surface area (Å²) in [5.41, 5.74) is 7.86. The second kappa shape index (κ2) is 2.45. The molecule has 0 aliphatic carbocycles. The van der Waals surface area contributed by atoms with Crippen molar-refractivity contribution in [1.29, 1.82) is 0 Å². The zero-order valence-electron chi connectivity index (χ0n) is 7.48. The Balaban J connectivity index is 3.00. The molecule has 1 aromatic carbocycles. The van der Waals surface area contributed by atoms with Gasteiger partial charge in [-0.05, 0) is 31.0 Å². The first-order valence-electron chi connectivity index (χ1n) is 4.00. The highest BCUT2D eigenvalue weighted by atomic mass is 19.1. The molecule has 0 amide bonds. The van der Waals surface area contributed by atoms with Gasteiger partial charge < -0.3 is 5.73 Å². The summed E-state index contributed by atoms with van der Waals surface area (Å²) in [5, 5.41) is 7.04. The van der Waals surface area contributed by atoms with Crippen LogP contribution in [0.15, 0.2) is 6.07 Å². The largest absolute Gasteiger partial charge is 0.382 e. The van der Waals surface area contributed by atoms with Crippen molar-refractivity contribution in [2.75, 3.05) is 5.73 Å². The lowest BCUT2D eigenvalue weighted by Gasteiger charge is -2.02. The number of aryl methyl sites for hydroxylation is 2. The second-order valence-corrected chi connectivity index (χ2v) is 3.16. The molecule has 0 aliphatic rings. The third-order valence-corrected chi connectivity index (χ3v) is 2.34. The third kappa shape index (κ3) is 0.983. The van der Waals surface area contributed by atoms with Gasteiger partial charge in [-0.2, -0.15) is 5.10 Å². The molecule has 0 spiro atoms. The normalized spacial score (nSPS) is 11.0. The molecule has 0 bridgehead atoms. The molecule has 0 saturated heterocycles. The summed E-state index contributed by atoms with van der Waals surface area (Å²) in [5.74, 6) is 0.0531. The van der Waals surface area contributed by atoms with Crippen molar-refractivity contribution < 1.29 is 4.39 Å². The molecule has 3 N–H and O–H groups in total. The van der Waals surface area contributed by atoms with Crippen LogP contribution in [0.1, 0.15) is 11.1 Å². The Kier molecular flexibility index (Phi) is 1.52. The molecule has 0 aliphatic heterocycles. The van der Waals surface area contributed by atoms with E-state index in [0.29, 0.717) is 16.7 Å². The minimum atomic E-state index is -0.303. The van der Waals surface area contributed by atoms with E-state index < -0.39 is 0 Å². The highest BCUT2D eigenvalue weighted by molar-refractivity contribution is 5.92. The van der Waals surface area contributed by atoms with Crippen molar-refractivity contribution in [3.05, 3.63) is 23.0 Å². The number of nitrogen functional groups attached to an aromatic ring is 1. The minimum Gasteiger partial charge on any atom is -0.382 e. The monoisotopic (exact) mass is 179 g/mol. The van der Waals surface area contributed by atoms with Crippen LogP contribution in [0.2, 0.25) is 0 Å². The first kappa shape index (κ1) is 8.04. The lowest BCUT2D eigenvalue weighted by molar-refractivity contribution is 0.635. The zero-order chi connectivity index (χ0) is 9.59. The van der Waals surface area contributed by atoms with Crippen LogP contribution in [0.3, 0.4) is 0 Å². The fourth-order valence-corrected chi connectivity index (χ4v) is 1.48. The predicted octanol–water partition coefficient (Wildman–Crippen LogP) is 1.90. The lowest BCUT2D eigenvalue weighted by Crippen LogP contribution is -1.90. The Morgan fingerprint density at radius 2 is 2.15 bits per heavy atom. The predicted molar refractivity (Wildman–Crippen MR) is 49.9 cm³/mol. The number of aromatic nitrogens is 2. The highest BCUT2D eigenvalue weighted by Crippen LogP contribution is 2.26. The molecule has 2 aromatic rings. The number of nitrogens with one attached hydrogen (secondary N) is 1. The molecule has 0 unspecified atom stereocenters. The molecule has 0 saturated carbocycles. The van der Waals surface area contributed by atoms with Gasteiger partial charge in [0.05, 0.1) is 0 Å². The van der Waals surface area contributed by atoms with E-state index in [9.17, 15) is 4.39 Å². The van der Waals surface area contributed by atoms with Gasteiger partial charge in [0.25, 0.3) is 0 Å². The highest BCUT2D eigenvalue weighted by Gasteiger charge is 2.11. The van der Waals surface area contributed by atoms with Gasteiger partial charge >= 0.3 is 0 Å². The summed E-state index contributed by atoms with van der Waals surface area (Å²) in [6, 6.07) is 1.48. The van der Waals surface area contributed by atoms with Gasteiger partial charge in [-0.3, -0.25) is 5.10 Å². The van der Waals surface area contributed by atoms with Crippen LogP contribution in [0.25, 0.3) is 10.9 Å². The van der Waals surface area contributed by atoms with Crippen LogP contribution in [-0.4, -0.2) is 10.2 Å². The molecule has 68 valence electrons. The Hall–Kier alpha value is -1.58. The number of nitrogens with zero attached hydrogens (tertiary/aromatic N) is 1. The molecule has 3 nitrogen and oxygen atoms in total. The van der Waals surface area contributed by atoms with Gasteiger partial charge in [-0.25, -0.2) is 4.39 Å². The summed E-state index contributed by atoms with van der Waals surface area (Å²) >= 11 is 0. The molecular formula is C9H10FN3. The number of benzene rings is 1. The van der Waals surface area contributed by atoms with Crippen LogP contribution < -0.4 is 5.73 Å². The molecule has 2 rings (SSSR count). The van der Waals surface area contributed by atoms with E-state index in [2.05, 4.69) is 10.2 Å². The van der Waals surface area contributed by atoms with Crippen LogP contribution in [0.4, 0.5) is 10.2 Å². The number of hydrogen-bond donors (Lipinski definition) is 2. The molecule has 0 atom stereocenters. The van der Waals surface area contributed by atoms with Gasteiger partial charge in [0.1, 0.15) is 11.3 Å². The number of fused-ring (bicyclic) bond motifs is 1. The Bertz CT molecular complexity index is 473. The van der Waals surface area contributed by atoms with Crippen molar-refractivity contribution in [3.63, 3.8) is 0 Å². The molecule has 13 heavy (non-hydrogen) atoms. The van der Waals surface area contributed by atoms with Crippen molar-refractivity contribution >= 4 is 16.7 Å². The summed E-state index contributed by atoms with van der Waals surface area (Å²) in [6.45, 7) is 3.76. The molecular weight excluding hydrogens is 169 g/mol. The number of nitrogens with two attached hydrogens (primary N) is 1. The van der Waals surface area contributed by atoms with Crippen molar-refractivity contribution in [2.45, 2.75) is 13.8 Å². The Morgan fingerprint density at radius 3 is 2.85 bits per heavy atom. The number of aromatic amines is 1. The molecule has 4 heteroatoms. The average molecular weight is 179 g/mol. The van der Waals surface area contributed by atoms with Crippen LogP contribution in [-0.2, 0) is 0 Å². The van der Waals surface area contributed by atoms with Crippen molar-refractivity contribution in [1.82, 2.24) is 10.2 Å².